The molecular formula is C22H26N2O3. The molecule has 1 N–H and O–H groups in total. The maximum Gasteiger partial charge on any atom is 0.251 e. The van der Waals surface area contributed by atoms with Crippen molar-refractivity contribution in [1.82, 2.24) is 10.2 Å². The molecule has 0 radical (unpaired) electrons. The topological polar surface area (TPSA) is 58.6 Å². The number of nitrogens with one attached hydrogen (secondary N) is 1. The third-order valence-electron chi connectivity index (χ3n) is 5.01. The number of benzene rings is 2. The Balaban J connectivity index is 1.71. The van der Waals surface area contributed by atoms with Gasteiger partial charge in [0.15, 0.2) is 0 Å². The highest BCUT2D eigenvalue weighted by Crippen LogP contribution is 2.20. The molecule has 0 bridgehead atoms. The maximum atomic E-state index is 13.1. The van der Waals surface area contributed by atoms with E-state index < -0.39 is 6.04 Å². The first-order chi connectivity index (χ1) is 13.0. The molecule has 3 rings (SSSR count). The van der Waals surface area contributed by atoms with Crippen molar-refractivity contribution in [2.24, 2.45) is 5.92 Å². The quantitative estimate of drug-likeness (QED) is 0.885. The van der Waals surface area contributed by atoms with E-state index in [9.17, 15) is 9.59 Å². The Hall–Kier alpha value is -2.82. The van der Waals surface area contributed by atoms with Crippen molar-refractivity contribution >= 4 is 11.8 Å². The van der Waals surface area contributed by atoms with Crippen LogP contribution in [0.3, 0.4) is 0 Å². The first-order valence-electron chi connectivity index (χ1n) is 9.30. The predicted octanol–water partition coefficient (Wildman–Crippen LogP) is 3.03. The highest BCUT2D eigenvalue weighted by Gasteiger charge is 2.30. The normalized spacial score (nSPS) is 14.4. The molecule has 142 valence electrons. The number of fused-ring (bicyclic) bond motifs is 1. The lowest BCUT2D eigenvalue weighted by molar-refractivity contribution is -0.135. The molecule has 0 spiro atoms. The van der Waals surface area contributed by atoms with Gasteiger partial charge in [-0.25, -0.2) is 0 Å². The van der Waals surface area contributed by atoms with Crippen LogP contribution in [-0.2, 0) is 17.8 Å². The number of amides is 2. The summed E-state index contributed by atoms with van der Waals surface area (Å²) in [5.74, 6) is 0.412. The van der Waals surface area contributed by atoms with E-state index in [1.165, 1.54) is 11.1 Å². The number of methoxy groups -OCH3 is 1. The van der Waals surface area contributed by atoms with Crippen molar-refractivity contribution in [2.75, 3.05) is 13.7 Å². The second kappa shape index (κ2) is 8.25. The molecule has 0 saturated carbocycles. The molecule has 27 heavy (non-hydrogen) atoms. The first kappa shape index (κ1) is 19.0. The predicted molar refractivity (Wildman–Crippen MR) is 105 cm³/mol. The van der Waals surface area contributed by atoms with E-state index in [4.69, 9.17) is 4.74 Å². The van der Waals surface area contributed by atoms with E-state index in [-0.39, 0.29) is 17.7 Å². The fourth-order valence-corrected chi connectivity index (χ4v) is 3.36. The van der Waals surface area contributed by atoms with Crippen LogP contribution in [0.5, 0.6) is 5.75 Å². The Bertz CT molecular complexity index is 815. The smallest absolute Gasteiger partial charge is 0.251 e. The summed E-state index contributed by atoms with van der Waals surface area (Å²) in [6.07, 6.45) is 0.846. The highest BCUT2D eigenvalue weighted by atomic mass is 16.5. The molecule has 1 heterocycles. The van der Waals surface area contributed by atoms with E-state index in [0.717, 1.165) is 6.42 Å². The zero-order valence-electron chi connectivity index (χ0n) is 16.1. The van der Waals surface area contributed by atoms with Crippen LogP contribution in [0, 0.1) is 5.92 Å². The van der Waals surface area contributed by atoms with Gasteiger partial charge in [0, 0.05) is 18.7 Å². The molecule has 0 aromatic heterocycles. The lowest BCUT2D eigenvalue weighted by atomic mass is 9.97. The summed E-state index contributed by atoms with van der Waals surface area (Å²) in [6.45, 7) is 5.18. The second-order valence-corrected chi connectivity index (χ2v) is 7.20. The van der Waals surface area contributed by atoms with E-state index in [2.05, 4.69) is 17.4 Å². The van der Waals surface area contributed by atoms with Gasteiger partial charge in [0.1, 0.15) is 11.8 Å². The third-order valence-corrected chi connectivity index (χ3v) is 5.01. The molecule has 0 aliphatic carbocycles. The van der Waals surface area contributed by atoms with Crippen LogP contribution in [0.2, 0.25) is 0 Å². The monoisotopic (exact) mass is 366 g/mol. The van der Waals surface area contributed by atoms with Gasteiger partial charge in [0.05, 0.1) is 7.11 Å². The molecule has 0 fully saturated rings. The lowest BCUT2D eigenvalue weighted by Crippen LogP contribution is -2.52. The van der Waals surface area contributed by atoms with Crippen molar-refractivity contribution < 1.29 is 14.3 Å². The summed E-state index contributed by atoms with van der Waals surface area (Å²) in [5.41, 5.74) is 2.99. The van der Waals surface area contributed by atoms with Crippen molar-refractivity contribution in [3.8, 4) is 5.75 Å². The molecular weight excluding hydrogens is 340 g/mol. The van der Waals surface area contributed by atoms with Crippen molar-refractivity contribution in [2.45, 2.75) is 32.9 Å². The molecule has 2 aromatic rings. The van der Waals surface area contributed by atoms with Crippen LogP contribution in [0.25, 0.3) is 0 Å². The summed E-state index contributed by atoms with van der Waals surface area (Å²) in [6, 6.07) is 14.5. The van der Waals surface area contributed by atoms with E-state index in [1.807, 2.05) is 30.9 Å². The zero-order chi connectivity index (χ0) is 19.4. The van der Waals surface area contributed by atoms with Gasteiger partial charge in [-0.1, -0.05) is 38.1 Å². The van der Waals surface area contributed by atoms with Gasteiger partial charge in [0.25, 0.3) is 5.91 Å². The Morgan fingerprint density at radius 1 is 1.04 bits per heavy atom. The van der Waals surface area contributed by atoms with E-state index >= 15 is 0 Å². The van der Waals surface area contributed by atoms with Crippen LogP contribution < -0.4 is 10.1 Å². The maximum absolute atomic E-state index is 13.1. The summed E-state index contributed by atoms with van der Waals surface area (Å²) in [5, 5.41) is 2.92. The Morgan fingerprint density at radius 3 is 2.33 bits per heavy atom. The zero-order valence-corrected chi connectivity index (χ0v) is 16.1. The number of carbonyl (C=O) groups excluding carboxylic acids is 2. The number of hydrogen-bond acceptors (Lipinski definition) is 3. The Morgan fingerprint density at radius 2 is 1.70 bits per heavy atom. The number of carbonyl (C=O) groups is 2. The van der Waals surface area contributed by atoms with E-state index in [1.54, 1.807) is 31.4 Å². The molecule has 0 unspecified atom stereocenters. The van der Waals surface area contributed by atoms with Crippen molar-refractivity contribution in [1.29, 1.82) is 0 Å². The first-order valence-corrected chi connectivity index (χ1v) is 9.30. The number of nitrogens with zero attached hydrogens (tertiary/aromatic N) is 1. The average molecular weight is 366 g/mol. The van der Waals surface area contributed by atoms with Crippen LogP contribution in [-0.4, -0.2) is 36.4 Å². The molecule has 1 aliphatic rings. The largest absolute Gasteiger partial charge is 0.497 e. The number of rotatable bonds is 5. The number of ether oxygens (including phenoxy) is 1. The molecule has 5 nitrogen and oxygen atoms in total. The van der Waals surface area contributed by atoms with Gasteiger partial charge >= 0.3 is 0 Å². The Labute approximate surface area is 160 Å². The standard InChI is InChI=1S/C22H26N2O3/c1-15(2)20(23-21(25)17-8-10-19(27-3)11-9-17)22(26)24-13-12-16-6-4-5-7-18(16)14-24/h4-11,15,20H,12-14H2,1-3H3,(H,23,25)/t20-/m1/s1. The van der Waals surface area contributed by atoms with Crippen molar-refractivity contribution in [3.63, 3.8) is 0 Å². The van der Waals surface area contributed by atoms with Gasteiger partial charge in [-0.15, -0.1) is 0 Å². The fraction of sp³-hybridized carbons (Fsp3) is 0.364. The third kappa shape index (κ3) is 4.30. The molecule has 2 aromatic carbocycles. The molecule has 1 atom stereocenters. The number of hydrogen-bond donors (Lipinski definition) is 1. The molecule has 5 heteroatoms. The van der Waals surface area contributed by atoms with E-state index in [0.29, 0.717) is 24.4 Å². The van der Waals surface area contributed by atoms with Crippen LogP contribution in [0.4, 0.5) is 0 Å². The molecule has 0 saturated heterocycles. The van der Waals surface area contributed by atoms with Crippen LogP contribution >= 0.6 is 0 Å². The molecule has 2 amide bonds. The minimum atomic E-state index is -0.551. The summed E-state index contributed by atoms with van der Waals surface area (Å²) >= 11 is 0. The SMILES string of the molecule is COc1ccc(C(=O)N[C@@H](C(=O)N2CCc3ccccc3C2)C(C)C)cc1. The molecule has 1 aliphatic heterocycles. The van der Waals surface area contributed by atoms with Gasteiger partial charge in [-0.05, 0) is 47.7 Å². The van der Waals surface area contributed by atoms with Gasteiger partial charge in [-0.3, -0.25) is 9.59 Å². The minimum Gasteiger partial charge on any atom is -0.497 e. The minimum absolute atomic E-state index is 0.00290. The lowest BCUT2D eigenvalue weighted by Gasteiger charge is -2.33. The van der Waals surface area contributed by atoms with Crippen molar-refractivity contribution in [3.05, 3.63) is 65.2 Å². The summed E-state index contributed by atoms with van der Waals surface area (Å²) in [4.78, 5) is 27.6. The average Bonchev–Trinajstić information content (AvgIpc) is 2.70. The van der Waals surface area contributed by atoms with Gasteiger partial charge < -0.3 is 15.0 Å². The fourth-order valence-electron chi connectivity index (χ4n) is 3.36. The second-order valence-electron chi connectivity index (χ2n) is 7.20. The van der Waals surface area contributed by atoms with Crippen LogP contribution in [0.1, 0.15) is 35.3 Å². The summed E-state index contributed by atoms with van der Waals surface area (Å²) in [7, 11) is 1.58. The Kier molecular flexibility index (Phi) is 5.79. The van der Waals surface area contributed by atoms with Gasteiger partial charge in [-0.2, -0.15) is 0 Å². The summed E-state index contributed by atoms with van der Waals surface area (Å²) < 4.78 is 5.12. The van der Waals surface area contributed by atoms with Gasteiger partial charge in [0.2, 0.25) is 5.91 Å². The van der Waals surface area contributed by atoms with Crippen LogP contribution in [0.15, 0.2) is 48.5 Å². The highest BCUT2D eigenvalue weighted by molar-refractivity contribution is 5.97.